The molecule has 6 heteroatoms. The third-order valence-electron chi connectivity index (χ3n) is 2.78. The molecular formula is C14H11BrF2N2O. The number of amides is 1. The Kier molecular flexibility index (Phi) is 4.04. The summed E-state index contributed by atoms with van der Waals surface area (Å²) in [5.41, 5.74) is 5.80. The van der Waals surface area contributed by atoms with E-state index in [4.69, 9.17) is 5.73 Å². The van der Waals surface area contributed by atoms with Gasteiger partial charge in [-0.1, -0.05) is 22.0 Å². The van der Waals surface area contributed by atoms with Crippen LogP contribution in [0.1, 0.15) is 15.9 Å². The Balaban J connectivity index is 2.38. The molecular weight excluding hydrogens is 330 g/mol. The maximum Gasteiger partial charge on any atom is 0.257 e. The number of hydrogen-bond acceptors (Lipinski definition) is 2. The maximum atomic E-state index is 13.8. The largest absolute Gasteiger partial charge is 0.398 e. The van der Waals surface area contributed by atoms with Crippen molar-refractivity contribution < 1.29 is 13.6 Å². The molecule has 3 N–H and O–H groups in total. The Morgan fingerprint density at radius 1 is 1.25 bits per heavy atom. The molecule has 0 unspecified atom stereocenters. The second-order valence-corrected chi connectivity index (χ2v) is 5.15. The first-order valence-corrected chi connectivity index (χ1v) is 6.50. The van der Waals surface area contributed by atoms with Gasteiger partial charge >= 0.3 is 0 Å². The molecule has 20 heavy (non-hydrogen) atoms. The van der Waals surface area contributed by atoms with Crippen molar-refractivity contribution in [1.29, 1.82) is 0 Å². The summed E-state index contributed by atoms with van der Waals surface area (Å²) in [6.07, 6.45) is 0. The van der Waals surface area contributed by atoms with Crippen LogP contribution in [0.2, 0.25) is 0 Å². The van der Waals surface area contributed by atoms with Gasteiger partial charge in [-0.05, 0) is 36.8 Å². The molecule has 0 fully saturated rings. The molecule has 0 heterocycles. The minimum atomic E-state index is -0.838. The molecule has 2 rings (SSSR count). The molecule has 0 saturated heterocycles. The third-order valence-corrected chi connectivity index (χ3v) is 3.28. The topological polar surface area (TPSA) is 55.1 Å². The van der Waals surface area contributed by atoms with Gasteiger partial charge in [-0.25, -0.2) is 8.78 Å². The van der Waals surface area contributed by atoms with Crippen molar-refractivity contribution in [1.82, 2.24) is 0 Å². The van der Waals surface area contributed by atoms with Crippen LogP contribution in [0, 0.1) is 18.6 Å². The van der Waals surface area contributed by atoms with Crippen LogP contribution in [0.4, 0.5) is 20.2 Å². The zero-order valence-electron chi connectivity index (χ0n) is 10.5. The van der Waals surface area contributed by atoms with E-state index in [1.807, 2.05) is 0 Å². The predicted molar refractivity (Wildman–Crippen MR) is 77.6 cm³/mol. The van der Waals surface area contributed by atoms with E-state index in [1.165, 1.54) is 25.1 Å². The number of halogens is 3. The number of rotatable bonds is 2. The number of anilines is 2. The summed E-state index contributed by atoms with van der Waals surface area (Å²) in [4.78, 5) is 12.1. The molecule has 0 radical (unpaired) electrons. The van der Waals surface area contributed by atoms with E-state index in [0.717, 1.165) is 6.07 Å². The number of carbonyl (C=O) groups is 1. The van der Waals surface area contributed by atoms with Crippen molar-refractivity contribution in [2.45, 2.75) is 6.92 Å². The molecule has 0 spiro atoms. The highest BCUT2D eigenvalue weighted by Crippen LogP contribution is 2.24. The molecule has 0 aliphatic heterocycles. The second-order valence-electron chi connectivity index (χ2n) is 4.24. The summed E-state index contributed by atoms with van der Waals surface area (Å²) in [5.74, 6) is -2.31. The van der Waals surface area contributed by atoms with Crippen molar-refractivity contribution >= 4 is 33.2 Å². The highest BCUT2D eigenvalue weighted by Gasteiger charge is 2.17. The van der Waals surface area contributed by atoms with Crippen LogP contribution in [0.5, 0.6) is 0 Å². The normalized spacial score (nSPS) is 10.4. The number of hydrogen-bond donors (Lipinski definition) is 2. The van der Waals surface area contributed by atoms with E-state index in [1.54, 1.807) is 6.07 Å². The highest BCUT2D eigenvalue weighted by molar-refractivity contribution is 9.10. The zero-order valence-corrected chi connectivity index (χ0v) is 12.1. The van der Waals surface area contributed by atoms with Crippen molar-refractivity contribution in [2.24, 2.45) is 0 Å². The predicted octanol–water partition coefficient (Wildman–Crippen LogP) is 3.87. The Hall–Kier alpha value is -1.95. The van der Waals surface area contributed by atoms with Crippen LogP contribution in [-0.2, 0) is 0 Å². The van der Waals surface area contributed by atoms with E-state index in [-0.39, 0.29) is 16.8 Å². The van der Waals surface area contributed by atoms with Gasteiger partial charge in [-0.3, -0.25) is 4.79 Å². The average Bonchev–Trinajstić information content (AvgIpc) is 2.41. The zero-order chi connectivity index (χ0) is 14.9. The Bertz CT molecular complexity index is 689. The lowest BCUT2D eigenvalue weighted by Gasteiger charge is -2.11. The smallest absolute Gasteiger partial charge is 0.257 e. The lowest BCUT2D eigenvalue weighted by atomic mass is 10.1. The van der Waals surface area contributed by atoms with Crippen LogP contribution in [0.15, 0.2) is 34.8 Å². The maximum absolute atomic E-state index is 13.8. The first-order valence-electron chi connectivity index (χ1n) is 5.71. The molecule has 0 aliphatic carbocycles. The Morgan fingerprint density at radius 2 is 1.95 bits per heavy atom. The van der Waals surface area contributed by atoms with Crippen molar-refractivity contribution in [3.63, 3.8) is 0 Å². The summed E-state index contributed by atoms with van der Waals surface area (Å²) in [6.45, 7) is 1.48. The van der Waals surface area contributed by atoms with E-state index >= 15 is 0 Å². The molecule has 1 amide bonds. The minimum Gasteiger partial charge on any atom is -0.398 e. The van der Waals surface area contributed by atoms with Gasteiger partial charge in [0.15, 0.2) is 5.82 Å². The number of nitrogens with one attached hydrogen (secondary N) is 1. The van der Waals surface area contributed by atoms with Crippen molar-refractivity contribution in [2.75, 3.05) is 11.1 Å². The molecule has 3 nitrogen and oxygen atoms in total. The fraction of sp³-hybridized carbons (Fsp3) is 0.0714. The number of aryl methyl sites for hydroxylation is 1. The third kappa shape index (κ3) is 2.80. The number of nitrogens with two attached hydrogens (primary N) is 1. The Labute approximate surface area is 122 Å². The van der Waals surface area contributed by atoms with E-state index < -0.39 is 23.2 Å². The van der Waals surface area contributed by atoms with Crippen LogP contribution >= 0.6 is 15.9 Å². The van der Waals surface area contributed by atoms with Gasteiger partial charge in [0.1, 0.15) is 11.5 Å². The molecule has 0 aliphatic rings. The molecule has 2 aromatic carbocycles. The van der Waals surface area contributed by atoms with Crippen LogP contribution in [-0.4, -0.2) is 5.91 Å². The summed E-state index contributed by atoms with van der Waals surface area (Å²) in [7, 11) is 0. The van der Waals surface area contributed by atoms with Gasteiger partial charge < -0.3 is 11.1 Å². The Morgan fingerprint density at radius 3 is 2.65 bits per heavy atom. The summed E-state index contributed by atoms with van der Waals surface area (Å²) < 4.78 is 28.1. The molecule has 0 bridgehead atoms. The SMILES string of the molecule is Cc1ccc(F)c(NC(=O)c2cc(Br)ccc2N)c1F. The van der Waals surface area contributed by atoms with E-state index in [2.05, 4.69) is 21.2 Å². The fourth-order valence-corrected chi connectivity index (χ4v) is 2.04. The second kappa shape index (κ2) is 5.58. The summed E-state index contributed by atoms with van der Waals surface area (Å²) in [5, 5.41) is 2.21. The molecule has 2 aromatic rings. The highest BCUT2D eigenvalue weighted by atomic mass is 79.9. The monoisotopic (exact) mass is 340 g/mol. The van der Waals surface area contributed by atoms with Crippen LogP contribution < -0.4 is 11.1 Å². The average molecular weight is 341 g/mol. The lowest BCUT2D eigenvalue weighted by molar-refractivity contribution is 0.102. The van der Waals surface area contributed by atoms with Crippen molar-refractivity contribution in [3.8, 4) is 0 Å². The van der Waals surface area contributed by atoms with Gasteiger partial charge in [-0.2, -0.15) is 0 Å². The first-order chi connectivity index (χ1) is 9.40. The van der Waals surface area contributed by atoms with Gasteiger partial charge in [0, 0.05) is 10.2 Å². The van der Waals surface area contributed by atoms with Gasteiger partial charge in [0.05, 0.1) is 5.56 Å². The van der Waals surface area contributed by atoms with Crippen LogP contribution in [0.3, 0.4) is 0 Å². The first kappa shape index (κ1) is 14.5. The molecule has 104 valence electrons. The lowest BCUT2D eigenvalue weighted by Crippen LogP contribution is -2.16. The van der Waals surface area contributed by atoms with Crippen LogP contribution in [0.25, 0.3) is 0 Å². The van der Waals surface area contributed by atoms with E-state index in [9.17, 15) is 13.6 Å². The number of benzene rings is 2. The quantitative estimate of drug-likeness (QED) is 0.815. The molecule has 0 atom stereocenters. The number of nitrogen functional groups attached to an aromatic ring is 1. The number of carbonyl (C=O) groups excluding carboxylic acids is 1. The fourth-order valence-electron chi connectivity index (χ4n) is 1.68. The van der Waals surface area contributed by atoms with Gasteiger partial charge in [0.25, 0.3) is 5.91 Å². The van der Waals surface area contributed by atoms with Gasteiger partial charge in [0.2, 0.25) is 0 Å². The van der Waals surface area contributed by atoms with Crippen molar-refractivity contribution in [3.05, 3.63) is 57.6 Å². The summed E-state index contributed by atoms with van der Waals surface area (Å²) >= 11 is 3.21. The molecule has 0 aromatic heterocycles. The minimum absolute atomic E-state index is 0.139. The van der Waals surface area contributed by atoms with Gasteiger partial charge in [-0.15, -0.1) is 0 Å². The summed E-state index contributed by atoms with van der Waals surface area (Å²) in [6, 6.07) is 7.07. The van der Waals surface area contributed by atoms with E-state index in [0.29, 0.717) is 4.47 Å². The molecule has 0 saturated carbocycles. The standard InChI is InChI=1S/C14H11BrF2N2O/c1-7-2-4-10(16)13(12(7)17)19-14(20)9-6-8(15)3-5-11(9)18/h2-6H,18H2,1H3,(H,19,20).